The van der Waals surface area contributed by atoms with Gasteiger partial charge in [0.15, 0.2) is 0 Å². The van der Waals surface area contributed by atoms with Crippen LogP contribution < -0.4 is 10.5 Å². The van der Waals surface area contributed by atoms with Crippen molar-refractivity contribution >= 4 is 11.7 Å². The van der Waals surface area contributed by atoms with E-state index in [4.69, 9.17) is 19.9 Å². The number of rotatable bonds is 6. The van der Waals surface area contributed by atoms with Crippen molar-refractivity contribution in [2.75, 3.05) is 25.6 Å². The molecule has 5 nitrogen and oxygen atoms in total. The van der Waals surface area contributed by atoms with Crippen molar-refractivity contribution < 1.29 is 19.0 Å². The predicted octanol–water partition coefficient (Wildman–Crippen LogP) is 2.01. The van der Waals surface area contributed by atoms with E-state index in [1.165, 1.54) is 0 Å². The highest BCUT2D eigenvalue weighted by Gasteiger charge is 2.15. The maximum absolute atomic E-state index is 11.3. The van der Waals surface area contributed by atoms with Gasteiger partial charge in [-0.1, -0.05) is 12.1 Å². The van der Waals surface area contributed by atoms with E-state index in [2.05, 4.69) is 0 Å². The second-order valence-corrected chi connectivity index (χ2v) is 5.03. The van der Waals surface area contributed by atoms with E-state index in [-0.39, 0.29) is 12.6 Å². The fraction of sp³-hybridized carbons (Fsp3) is 0.500. The first-order valence-corrected chi connectivity index (χ1v) is 6.15. The number of carbonyl (C=O) groups is 1. The summed E-state index contributed by atoms with van der Waals surface area (Å²) in [5, 5.41) is 0. The van der Waals surface area contributed by atoms with Crippen LogP contribution in [0.4, 0.5) is 5.69 Å². The summed E-state index contributed by atoms with van der Waals surface area (Å²) in [5.74, 6) is 0.232. The molecule has 0 aromatic heterocycles. The van der Waals surface area contributed by atoms with Gasteiger partial charge in [-0.3, -0.25) is 0 Å². The molecule has 0 aliphatic carbocycles. The van der Waals surface area contributed by atoms with E-state index in [9.17, 15) is 4.79 Å². The standard InChI is InChI=1S/C14H21NO4/c1-14(2,3)19-13(16)10-17-8-9-18-12-7-5-4-6-11(12)15/h4-7H,8-10,15H2,1-3H3. The lowest BCUT2D eigenvalue weighted by molar-refractivity contribution is -0.160. The van der Waals surface area contributed by atoms with Gasteiger partial charge in [0.2, 0.25) is 0 Å². The van der Waals surface area contributed by atoms with Crippen molar-refractivity contribution in [2.24, 2.45) is 0 Å². The number of nitrogen functional groups attached to an aromatic ring is 1. The lowest BCUT2D eigenvalue weighted by Crippen LogP contribution is -2.27. The number of esters is 1. The molecule has 0 bridgehead atoms. The number of anilines is 1. The zero-order valence-electron chi connectivity index (χ0n) is 11.6. The molecule has 0 spiro atoms. The fourth-order valence-corrected chi connectivity index (χ4v) is 1.35. The smallest absolute Gasteiger partial charge is 0.332 e. The molecule has 106 valence electrons. The molecule has 0 heterocycles. The Balaban J connectivity index is 2.15. The van der Waals surface area contributed by atoms with Crippen molar-refractivity contribution in [1.82, 2.24) is 0 Å². The van der Waals surface area contributed by atoms with E-state index in [1.807, 2.05) is 32.9 Å². The Morgan fingerprint density at radius 2 is 1.89 bits per heavy atom. The highest BCUT2D eigenvalue weighted by Crippen LogP contribution is 2.19. The summed E-state index contributed by atoms with van der Waals surface area (Å²) in [7, 11) is 0. The lowest BCUT2D eigenvalue weighted by atomic mass is 10.2. The second kappa shape index (κ2) is 6.99. The lowest BCUT2D eigenvalue weighted by Gasteiger charge is -2.19. The summed E-state index contributed by atoms with van der Waals surface area (Å²) in [6.45, 7) is 5.99. The van der Waals surface area contributed by atoms with Crippen LogP contribution >= 0.6 is 0 Å². The van der Waals surface area contributed by atoms with Crippen molar-refractivity contribution in [3.63, 3.8) is 0 Å². The molecule has 1 aromatic carbocycles. The highest BCUT2D eigenvalue weighted by atomic mass is 16.6. The molecule has 0 aliphatic heterocycles. The number of hydrogen-bond acceptors (Lipinski definition) is 5. The second-order valence-electron chi connectivity index (χ2n) is 5.03. The summed E-state index contributed by atoms with van der Waals surface area (Å²) >= 11 is 0. The molecule has 0 fully saturated rings. The zero-order chi connectivity index (χ0) is 14.3. The van der Waals surface area contributed by atoms with Gasteiger partial charge in [0, 0.05) is 0 Å². The van der Waals surface area contributed by atoms with Crippen LogP contribution in [-0.4, -0.2) is 31.4 Å². The fourth-order valence-electron chi connectivity index (χ4n) is 1.35. The van der Waals surface area contributed by atoms with Crippen LogP contribution in [0, 0.1) is 0 Å². The Morgan fingerprint density at radius 3 is 2.53 bits per heavy atom. The third kappa shape index (κ3) is 6.67. The minimum absolute atomic E-state index is 0.0785. The molecule has 0 atom stereocenters. The molecule has 0 amide bonds. The van der Waals surface area contributed by atoms with Crippen LogP contribution in [0.2, 0.25) is 0 Å². The van der Waals surface area contributed by atoms with Crippen LogP contribution in [0.15, 0.2) is 24.3 Å². The summed E-state index contributed by atoms with van der Waals surface area (Å²) in [4.78, 5) is 11.3. The first kappa shape index (κ1) is 15.3. The third-order valence-electron chi connectivity index (χ3n) is 2.04. The van der Waals surface area contributed by atoms with Gasteiger partial charge in [-0.15, -0.1) is 0 Å². The molecule has 0 aliphatic rings. The molecular weight excluding hydrogens is 246 g/mol. The van der Waals surface area contributed by atoms with Gasteiger partial charge in [-0.25, -0.2) is 4.79 Å². The number of para-hydroxylation sites is 2. The van der Waals surface area contributed by atoms with Gasteiger partial charge in [0.25, 0.3) is 0 Å². The molecule has 0 saturated carbocycles. The largest absolute Gasteiger partial charge is 0.489 e. The van der Waals surface area contributed by atoms with Gasteiger partial charge >= 0.3 is 5.97 Å². The molecule has 5 heteroatoms. The predicted molar refractivity (Wildman–Crippen MR) is 73.0 cm³/mol. The van der Waals surface area contributed by atoms with Crippen molar-refractivity contribution in [3.8, 4) is 5.75 Å². The molecule has 2 N–H and O–H groups in total. The monoisotopic (exact) mass is 267 g/mol. The average molecular weight is 267 g/mol. The number of nitrogens with two attached hydrogens (primary N) is 1. The number of hydrogen-bond donors (Lipinski definition) is 1. The Labute approximate surface area is 113 Å². The molecule has 19 heavy (non-hydrogen) atoms. The maximum Gasteiger partial charge on any atom is 0.332 e. The first-order chi connectivity index (χ1) is 8.88. The maximum atomic E-state index is 11.3. The normalized spacial score (nSPS) is 11.1. The van der Waals surface area contributed by atoms with Gasteiger partial charge in [-0.05, 0) is 32.9 Å². The summed E-state index contributed by atoms with van der Waals surface area (Å²) in [6, 6.07) is 7.22. The number of ether oxygens (including phenoxy) is 3. The SMILES string of the molecule is CC(C)(C)OC(=O)COCCOc1ccccc1N. The Morgan fingerprint density at radius 1 is 1.21 bits per heavy atom. The van der Waals surface area contributed by atoms with Crippen molar-refractivity contribution in [3.05, 3.63) is 24.3 Å². The zero-order valence-corrected chi connectivity index (χ0v) is 11.6. The van der Waals surface area contributed by atoms with Gasteiger partial charge in [0.1, 0.15) is 24.6 Å². The van der Waals surface area contributed by atoms with E-state index in [0.29, 0.717) is 24.7 Å². The van der Waals surface area contributed by atoms with Crippen LogP contribution in [0.25, 0.3) is 0 Å². The van der Waals surface area contributed by atoms with Crippen molar-refractivity contribution in [2.45, 2.75) is 26.4 Å². The van der Waals surface area contributed by atoms with E-state index in [1.54, 1.807) is 12.1 Å². The Bertz CT molecular complexity index is 412. The summed E-state index contributed by atoms with van der Waals surface area (Å²) in [6.07, 6.45) is 0. The van der Waals surface area contributed by atoms with E-state index < -0.39 is 5.60 Å². The minimum Gasteiger partial charge on any atom is -0.489 e. The van der Waals surface area contributed by atoms with Gasteiger partial charge < -0.3 is 19.9 Å². The quantitative estimate of drug-likeness (QED) is 0.485. The summed E-state index contributed by atoms with van der Waals surface area (Å²) in [5.41, 5.74) is 5.80. The van der Waals surface area contributed by atoms with Crippen LogP contribution in [0.3, 0.4) is 0 Å². The van der Waals surface area contributed by atoms with Crippen LogP contribution in [0.5, 0.6) is 5.75 Å². The molecule has 0 radical (unpaired) electrons. The molecular formula is C14H21NO4. The highest BCUT2D eigenvalue weighted by molar-refractivity contribution is 5.71. The van der Waals surface area contributed by atoms with Gasteiger partial charge in [-0.2, -0.15) is 0 Å². The van der Waals surface area contributed by atoms with E-state index >= 15 is 0 Å². The average Bonchev–Trinajstić information content (AvgIpc) is 2.28. The molecule has 0 unspecified atom stereocenters. The third-order valence-corrected chi connectivity index (χ3v) is 2.04. The Hall–Kier alpha value is -1.75. The number of carbonyl (C=O) groups excluding carboxylic acids is 1. The molecule has 1 rings (SSSR count). The molecule has 0 saturated heterocycles. The minimum atomic E-state index is -0.491. The first-order valence-electron chi connectivity index (χ1n) is 6.15. The van der Waals surface area contributed by atoms with Crippen LogP contribution in [-0.2, 0) is 14.3 Å². The number of benzene rings is 1. The van der Waals surface area contributed by atoms with E-state index in [0.717, 1.165) is 0 Å². The van der Waals surface area contributed by atoms with Gasteiger partial charge in [0.05, 0.1) is 12.3 Å². The summed E-state index contributed by atoms with van der Waals surface area (Å²) < 4.78 is 15.7. The topological polar surface area (TPSA) is 70.8 Å². The van der Waals surface area contributed by atoms with Crippen molar-refractivity contribution in [1.29, 1.82) is 0 Å². The molecule has 1 aromatic rings. The van der Waals surface area contributed by atoms with Crippen LogP contribution in [0.1, 0.15) is 20.8 Å². The Kier molecular flexibility index (Phi) is 5.63.